The summed E-state index contributed by atoms with van der Waals surface area (Å²) in [4.78, 5) is 115. The molecule has 17 nitrogen and oxygen atoms in total. The Bertz CT molecular complexity index is 2130. The second kappa shape index (κ2) is 20.0. The molecule has 2 N–H and O–H groups in total. The number of aromatic nitrogens is 1. The summed E-state index contributed by atoms with van der Waals surface area (Å²) in [5, 5.41) is 6.77. The molecule has 6 amide bonds. The highest BCUT2D eigenvalue weighted by atomic mass is 16.7. The average Bonchev–Trinajstić information content (AvgIpc) is 3.66. The first-order valence-electron chi connectivity index (χ1n) is 21.5. The number of fused-ring (bicyclic) bond motifs is 1. The molecule has 2 aromatic rings. The normalized spacial score (nSPS) is 15.9. The predicted octanol–water partition coefficient (Wildman–Crippen LogP) is 5.48. The standard InChI is InChI=1S/C47H70N6O11/c1-27(2)33(24-28(3)39(57)48-31(42(60)62-45(7,8)9)25-36(56)64-53-34(54)22-23-35(53)55)51(16)41(59)37(44(4,5)6)49-40(58)38(52(17)43(61)63-46(10,11)12)47(13,14)30-26-50(15)32-21-19-18-20-29(30)32/h18-21,24,26-27,31,33,37-38H,22-23,25H2,1-17H3,(H,48,57)(H,49,58)/b28-24+/t31-,33+,37+,38+/m0/s1. The fraction of sp³-hybridized carbons (Fsp3) is 0.617. The van der Waals surface area contributed by atoms with E-state index in [1.165, 1.54) is 23.8 Å². The molecule has 1 aromatic carbocycles. The van der Waals surface area contributed by atoms with E-state index in [9.17, 15) is 38.4 Å². The van der Waals surface area contributed by atoms with Crippen molar-refractivity contribution in [1.82, 2.24) is 30.1 Å². The monoisotopic (exact) mass is 895 g/mol. The van der Waals surface area contributed by atoms with E-state index in [-0.39, 0.29) is 24.3 Å². The van der Waals surface area contributed by atoms with Crippen molar-refractivity contribution in [3.05, 3.63) is 47.7 Å². The largest absolute Gasteiger partial charge is 0.458 e. The Morgan fingerprint density at radius 3 is 1.88 bits per heavy atom. The van der Waals surface area contributed by atoms with Gasteiger partial charge in [-0.05, 0) is 71.4 Å². The number of hydrogen-bond donors (Lipinski definition) is 2. The summed E-state index contributed by atoms with van der Waals surface area (Å²) in [5.74, 6) is -5.62. The Balaban J connectivity index is 1.98. The molecular weight excluding hydrogens is 825 g/mol. The summed E-state index contributed by atoms with van der Waals surface area (Å²) in [6, 6.07) is 3.14. The Kier molecular flexibility index (Phi) is 16.4. The number of esters is 1. The predicted molar refractivity (Wildman–Crippen MR) is 240 cm³/mol. The number of amides is 6. The van der Waals surface area contributed by atoms with Crippen LogP contribution in [-0.4, -0.2) is 116 Å². The summed E-state index contributed by atoms with van der Waals surface area (Å²) in [6.45, 7) is 24.4. The minimum absolute atomic E-state index is 0.0809. The van der Waals surface area contributed by atoms with Gasteiger partial charge in [-0.25, -0.2) is 14.4 Å². The number of hydroxylamine groups is 2. The van der Waals surface area contributed by atoms with Gasteiger partial charge in [0.2, 0.25) is 17.7 Å². The van der Waals surface area contributed by atoms with Crippen LogP contribution in [0.5, 0.6) is 0 Å². The third-order valence-corrected chi connectivity index (χ3v) is 10.8. The second-order valence-corrected chi connectivity index (χ2v) is 20.5. The number of para-hydroxylation sites is 1. The molecule has 0 aliphatic carbocycles. The number of benzene rings is 1. The molecule has 354 valence electrons. The number of nitrogens with one attached hydrogen (secondary N) is 2. The lowest BCUT2D eigenvalue weighted by Gasteiger charge is -2.42. The molecule has 1 aliphatic heterocycles. The molecule has 64 heavy (non-hydrogen) atoms. The number of carbonyl (C=O) groups is 8. The number of carbonyl (C=O) groups excluding carboxylic acids is 8. The van der Waals surface area contributed by atoms with Crippen molar-refractivity contribution in [2.45, 2.75) is 157 Å². The molecule has 2 heterocycles. The van der Waals surface area contributed by atoms with E-state index in [4.69, 9.17) is 14.3 Å². The molecule has 1 aromatic heterocycles. The molecule has 1 aliphatic rings. The summed E-state index contributed by atoms with van der Waals surface area (Å²) in [6.07, 6.45) is 1.74. The maximum absolute atomic E-state index is 14.9. The Morgan fingerprint density at radius 2 is 1.36 bits per heavy atom. The fourth-order valence-corrected chi connectivity index (χ4v) is 7.54. The van der Waals surface area contributed by atoms with Crippen molar-refractivity contribution in [2.75, 3.05) is 14.1 Å². The van der Waals surface area contributed by atoms with Gasteiger partial charge in [0.1, 0.15) is 29.3 Å². The zero-order valence-corrected chi connectivity index (χ0v) is 40.8. The lowest BCUT2D eigenvalue weighted by Crippen LogP contribution is -2.63. The van der Waals surface area contributed by atoms with Crippen molar-refractivity contribution in [3.8, 4) is 0 Å². The number of aryl methyl sites for hydroxylation is 1. The summed E-state index contributed by atoms with van der Waals surface area (Å²) >= 11 is 0. The van der Waals surface area contributed by atoms with Crippen molar-refractivity contribution >= 4 is 58.5 Å². The number of hydrogen-bond acceptors (Lipinski definition) is 11. The minimum Gasteiger partial charge on any atom is -0.458 e. The highest BCUT2D eigenvalue weighted by Gasteiger charge is 2.47. The van der Waals surface area contributed by atoms with E-state index in [2.05, 4.69) is 10.6 Å². The molecule has 0 unspecified atom stereocenters. The number of ether oxygens (including phenoxy) is 2. The number of nitrogens with zero attached hydrogens (tertiary/aromatic N) is 4. The van der Waals surface area contributed by atoms with Crippen LogP contribution in [0.4, 0.5) is 4.79 Å². The van der Waals surface area contributed by atoms with E-state index >= 15 is 0 Å². The Labute approximate surface area is 377 Å². The van der Waals surface area contributed by atoms with Crippen LogP contribution in [0.2, 0.25) is 0 Å². The van der Waals surface area contributed by atoms with Crippen LogP contribution in [0, 0.1) is 11.3 Å². The Morgan fingerprint density at radius 1 is 0.812 bits per heavy atom. The van der Waals surface area contributed by atoms with Crippen molar-refractivity contribution in [1.29, 1.82) is 0 Å². The van der Waals surface area contributed by atoms with Crippen LogP contribution in [0.25, 0.3) is 10.9 Å². The van der Waals surface area contributed by atoms with Gasteiger partial charge in [-0.1, -0.05) is 72.7 Å². The van der Waals surface area contributed by atoms with Gasteiger partial charge in [-0.3, -0.25) is 28.9 Å². The molecule has 17 heteroatoms. The molecule has 1 saturated heterocycles. The van der Waals surface area contributed by atoms with Crippen molar-refractivity contribution in [3.63, 3.8) is 0 Å². The van der Waals surface area contributed by atoms with Crippen LogP contribution in [0.3, 0.4) is 0 Å². The maximum Gasteiger partial charge on any atom is 0.410 e. The molecule has 0 saturated carbocycles. The smallest absolute Gasteiger partial charge is 0.410 e. The highest BCUT2D eigenvalue weighted by Crippen LogP contribution is 2.37. The van der Waals surface area contributed by atoms with E-state index in [1.54, 1.807) is 54.7 Å². The van der Waals surface area contributed by atoms with Crippen molar-refractivity contribution < 1.29 is 52.7 Å². The van der Waals surface area contributed by atoms with E-state index in [1.807, 2.05) is 90.5 Å². The third-order valence-electron chi connectivity index (χ3n) is 10.8. The van der Waals surface area contributed by atoms with Gasteiger partial charge in [0.15, 0.2) is 0 Å². The topological polar surface area (TPSA) is 203 Å². The second-order valence-electron chi connectivity index (χ2n) is 20.5. The molecule has 0 radical (unpaired) electrons. The zero-order valence-electron chi connectivity index (χ0n) is 40.8. The van der Waals surface area contributed by atoms with Gasteiger partial charge in [-0.15, -0.1) is 5.06 Å². The van der Waals surface area contributed by atoms with Gasteiger partial charge in [0.05, 0.1) is 12.5 Å². The zero-order chi connectivity index (χ0) is 49.0. The van der Waals surface area contributed by atoms with E-state index < -0.39 is 100 Å². The maximum atomic E-state index is 14.9. The van der Waals surface area contributed by atoms with Crippen molar-refractivity contribution in [2.24, 2.45) is 18.4 Å². The molecule has 0 bridgehead atoms. The lowest BCUT2D eigenvalue weighted by molar-refractivity contribution is -0.198. The molecule has 0 spiro atoms. The van der Waals surface area contributed by atoms with Gasteiger partial charge in [-0.2, -0.15) is 0 Å². The number of rotatable bonds is 15. The fourth-order valence-electron chi connectivity index (χ4n) is 7.54. The third kappa shape index (κ3) is 13.2. The first kappa shape index (κ1) is 52.6. The molecule has 4 atom stereocenters. The number of likely N-dealkylation sites (N-methyl/N-ethyl adjacent to an activating group) is 2. The summed E-state index contributed by atoms with van der Waals surface area (Å²) in [7, 11) is 4.97. The summed E-state index contributed by atoms with van der Waals surface area (Å²) in [5.41, 5.74) is -1.94. The Hall–Kier alpha value is -5.74. The molecule has 1 fully saturated rings. The quantitative estimate of drug-likeness (QED) is 0.130. The first-order valence-corrected chi connectivity index (χ1v) is 21.5. The highest BCUT2D eigenvalue weighted by molar-refractivity contribution is 6.02. The molecule has 3 rings (SSSR count). The van der Waals surface area contributed by atoms with Crippen LogP contribution >= 0.6 is 0 Å². The van der Waals surface area contributed by atoms with E-state index in [0.29, 0.717) is 5.06 Å². The van der Waals surface area contributed by atoms with Gasteiger partial charge in [0.25, 0.3) is 11.8 Å². The number of imide groups is 1. The van der Waals surface area contributed by atoms with Crippen LogP contribution in [0.1, 0.15) is 122 Å². The minimum atomic E-state index is -1.57. The van der Waals surface area contributed by atoms with Crippen LogP contribution in [0.15, 0.2) is 42.1 Å². The van der Waals surface area contributed by atoms with Gasteiger partial charge < -0.3 is 34.4 Å². The van der Waals surface area contributed by atoms with E-state index in [0.717, 1.165) is 16.5 Å². The lowest BCUT2D eigenvalue weighted by atomic mass is 9.76. The van der Waals surface area contributed by atoms with Gasteiger partial charge >= 0.3 is 18.0 Å². The van der Waals surface area contributed by atoms with Crippen LogP contribution < -0.4 is 10.6 Å². The average molecular weight is 895 g/mol. The molecular formula is C47H70N6O11. The summed E-state index contributed by atoms with van der Waals surface area (Å²) < 4.78 is 13.2. The SMILES string of the molecule is C/C(=C\[C@H](C(C)C)N(C)C(=O)[C@@H](NC(=O)[C@@H](N(C)C(=O)OC(C)(C)C)C(C)(C)c1cn(C)c2ccccc12)C(C)(C)C)C(=O)N[C@@H](CC(=O)ON1C(=O)CCC1=O)C(=O)OC(C)(C)C. The first-order chi connectivity index (χ1) is 29.2. The van der Waals surface area contributed by atoms with Crippen LogP contribution in [-0.2, 0) is 60.3 Å². The van der Waals surface area contributed by atoms with Gasteiger partial charge in [0, 0.05) is 62.1 Å².